The Balaban J connectivity index is 2.14. The van der Waals surface area contributed by atoms with Gasteiger partial charge in [-0.1, -0.05) is 75.1 Å². The van der Waals surface area contributed by atoms with Crippen molar-refractivity contribution in [1.82, 2.24) is 0 Å². The summed E-state index contributed by atoms with van der Waals surface area (Å²) in [5.74, 6) is 0. The molecule has 18 heavy (non-hydrogen) atoms. The van der Waals surface area contributed by atoms with Gasteiger partial charge >= 0.3 is 0 Å². The summed E-state index contributed by atoms with van der Waals surface area (Å²) in [4.78, 5) is 0. The second kappa shape index (κ2) is 9.19. The van der Waals surface area contributed by atoms with E-state index in [-0.39, 0.29) is 0 Å². The van der Waals surface area contributed by atoms with Crippen LogP contribution in [0.1, 0.15) is 70.0 Å². The van der Waals surface area contributed by atoms with Gasteiger partial charge in [0.25, 0.3) is 0 Å². The van der Waals surface area contributed by atoms with Crippen LogP contribution in [0.5, 0.6) is 0 Å². The maximum absolute atomic E-state index is 10.0. The Morgan fingerprint density at radius 3 is 2.28 bits per heavy atom. The van der Waals surface area contributed by atoms with E-state index >= 15 is 0 Å². The zero-order valence-corrected chi connectivity index (χ0v) is 13.3. The van der Waals surface area contributed by atoms with Gasteiger partial charge in [0, 0.05) is 5.56 Å². The van der Waals surface area contributed by atoms with Gasteiger partial charge in [-0.15, -0.1) is 11.3 Å². The van der Waals surface area contributed by atoms with E-state index in [4.69, 9.17) is 23.2 Å². The summed E-state index contributed by atoms with van der Waals surface area (Å²) in [6.45, 7) is 2.23. The van der Waals surface area contributed by atoms with Gasteiger partial charge in [0.15, 0.2) is 0 Å². The molecule has 1 unspecified atom stereocenters. The number of hydrogen-bond acceptors (Lipinski definition) is 2. The third-order valence-corrected chi connectivity index (χ3v) is 4.64. The van der Waals surface area contributed by atoms with Crippen molar-refractivity contribution in [3.8, 4) is 0 Å². The second-order valence-electron chi connectivity index (χ2n) is 4.71. The first-order chi connectivity index (χ1) is 8.65. The smallest absolute Gasteiger partial charge is 0.100 e. The lowest BCUT2D eigenvalue weighted by atomic mass is 10.0. The highest BCUT2D eigenvalue weighted by Crippen LogP contribution is 2.36. The van der Waals surface area contributed by atoms with Crippen molar-refractivity contribution in [2.45, 2.75) is 64.4 Å². The standard InChI is InChI=1S/C14H22Cl2OS/c1-2-3-4-5-6-7-8-9-12(17)11-10-13(15)18-14(11)16/h10,12,17H,2-9H2,1H3. The molecule has 1 nitrogen and oxygen atoms in total. The van der Waals surface area contributed by atoms with Crippen LogP contribution in [0.4, 0.5) is 0 Å². The van der Waals surface area contributed by atoms with Gasteiger partial charge in [-0.25, -0.2) is 0 Å². The molecule has 0 radical (unpaired) electrons. The molecule has 104 valence electrons. The van der Waals surface area contributed by atoms with Crippen LogP contribution >= 0.6 is 34.5 Å². The van der Waals surface area contributed by atoms with Crippen molar-refractivity contribution >= 4 is 34.5 Å². The summed E-state index contributed by atoms with van der Waals surface area (Å²) in [5, 5.41) is 10.0. The second-order valence-corrected chi connectivity index (χ2v) is 6.99. The summed E-state index contributed by atoms with van der Waals surface area (Å²) in [7, 11) is 0. The van der Waals surface area contributed by atoms with Gasteiger partial charge in [0.2, 0.25) is 0 Å². The first kappa shape index (κ1) is 16.3. The molecule has 0 aliphatic rings. The van der Waals surface area contributed by atoms with Crippen LogP contribution in [0.15, 0.2) is 6.07 Å². The number of thiophene rings is 1. The van der Waals surface area contributed by atoms with E-state index in [0.717, 1.165) is 18.4 Å². The van der Waals surface area contributed by atoms with Crippen LogP contribution in [-0.2, 0) is 0 Å². The minimum Gasteiger partial charge on any atom is -0.388 e. The van der Waals surface area contributed by atoms with Crippen LogP contribution < -0.4 is 0 Å². The van der Waals surface area contributed by atoms with Crippen molar-refractivity contribution in [3.05, 3.63) is 20.3 Å². The third kappa shape index (κ3) is 5.92. The fourth-order valence-corrected chi connectivity index (χ4v) is 3.60. The minimum atomic E-state index is -0.461. The molecule has 1 N–H and O–H groups in total. The Kier molecular flexibility index (Phi) is 8.32. The molecule has 1 rings (SSSR count). The zero-order valence-electron chi connectivity index (χ0n) is 10.9. The Labute approximate surface area is 124 Å². The van der Waals surface area contributed by atoms with E-state index in [1.54, 1.807) is 6.07 Å². The molecule has 4 heteroatoms. The highest BCUT2D eigenvalue weighted by molar-refractivity contribution is 7.20. The number of halogens is 2. The molecule has 0 amide bonds. The summed E-state index contributed by atoms with van der Waals surface area (Å²) >= 11 is 13.2. The fourth-order valence-electron chi connectivity index (χ4n) is 2.03. The largest absolute Gasteiger partial charge is 0.388 e. The van der Waals surface area contributed by atoms with E-state index in [1.807, 2.05) is 0 Å². The van der Waals surface area contributed by atoms with Gasteiger partial charge < -0.3 is 5.11 Å². The molecule has 1 atom stereocenters. The monoisotopic (exact) mass is 308 g/mol. The molecule has 0 aliphatic carbocycles. The van der Waals surface area contributed by atoms with Crippen LogP contribution in [-0.4, -0.2) is 5.11 Å². The molecule has 0 aliphatic heterocycles. The van der Waals surface area contributed by atoms with Crippen molar-refractivity contribution in [1.29, 1.82) is 0 Å². The third-order valence-electron chi connectivity index (χ3n) is 3.12. The summed E-state index contributed by atoms with van der Waals surface area (Å²) < 4.78 is 1.27. The predicted molar refractivity (Wildman–Crippen MR) is 81.9 cm³/mol. The normalized spacial score (nSPS) is 12.9. The Hall–Kier alpha value is 0.240. The van der Waals surface area contributed by atoms with Crippen LogP contribution in [0.3, 0.4) is 0 Å². The van der Waals surface area contributed by atoms with Gasteiger partial charge in [0.05, 0.1) is 10.4 Å². The highest BCUT2D eigenvalue weighted by atomic mass is 35.5. The maximum Gasteiger partial charge on any atom is 0.100 e. The topological polar surface area (TPSA) is 20.2 Å². The lowest BCUT2D eigenvalue weighted by Crippen LogP contribution is -1.96. The zero-order chi connectivity index (χ0) is 13.4. The fraction of sp³-hybridized carbons (Fsp3) is 0.714. The SMILES string of the molecule is CCCCCCCCCC(O)c1cc(Cl)sc1Cl. The lowest BCUT2D eigenvalue weighted by Gasteiger charge is -2.09. The van der Waals surface area contributed by atoms with Crippen molar-refractivity contribution in [3.63, 3.8) is 0 Å². The Bertz CT molecular complexity index is 339. The molecule has 0 saturated carbocycles. The Morgan fingerprint density at radius 2 is 1.72 bits per heavy atom. The van der Waals surface area contributed by atoms with Gasteiger partial charge in [-0.3, -0.25) is 0 Å². The first-order valence-electron chi connectivity index (χ1n) is 6.78. The minimum absolute atomic E-state index is 0.461. The van der Waals surface area contributed by atoms with Crippen LogP contribution in [0.25, 0.3) is 0 Å². The number of aliphatic hydroxyl groups is 1. The van der Waals surface area contributed by atoms with E-state index in [9.17, 15) is 5.11 Å². The lowest BCUT2D eigenvalue weighted by molar-refractivity contribution is 0.164. The molecule has 1 heterocycles. The molecule has 0 bridgehead atoms. The Morgan fingerprint density at radius 1 is 1.11 bits per heavy atom. The molecule has 1 aromatic rings. The molecule has 0 aromatic carbocycles. The number of rotatable bonds is 9. The van der Waals surface area contributed by atoms with Crippen LogP contribution in [0.2, 0.25) is 8.67 Å². The summed E-state index contributed by atoms with van der Waals surface area (Å²) in [5.41, 5.74) is 0.789. The van der Waals surface area contributed by atoms with E-state index in [2.05, 4.69) is 6.92 Å². The average Bonchev–Trinajstić information content (AvgIpc) is 2.67. The quantitative estimate of drug-likeness (QED) is 0.536. The average molecular weight is 309 g/mol. The van der Waals surface area contributed by atoms with E-state index in [0.29, 0.717) is 8.67 Å². The van der Waals surface area contributed by atoms with Crippen LogP contribution in [0, 0.1) is 0 Å². The first-order valence-corrected chi connectivity index (χ1v) is 8.35. The number of hydrogen-bond donors (Lipinski definition) is 1. The van der Waals surface area contributed by atoms with E-state index < -0.39 is 6.10 Å². The molecule has 1 aromatic heterocycles. The predicted octanol–water partition coefficient (Wildman–Crippen LogP) is 6.23. The summed E-state index contributed by atoms with van der Waals surface area (Å²) in [6.07, 6.45) is 9.11. The number of unbranched alkanes of at least 4 members (excludes halogenated alkanes) is 6. The molecule has 0 fully saturated rings. The summed E-state index contributed by atoms with van der Waals surface area (Å²) in [6, 6.07) is 1.78. The van der Waals surface area contributed by atoms with Gasteiger partial charge in [-0.2, -0.15) is 0 Å². The highest BCUT2D eigenvalue weighted by Gasteiger charge is 2.14. The van der Waals surface area contributed by atoms with E-state index in [1.165, 1.54) is 49.9 Å². The van der Waals surface area contributed by atoms with Crippen molar-refractivity contribution in [2.24, 2.45) is 0 Å². The molecular weight excluding hydrogens is 287 g/mol. The van der Waals surface area contributed by atoms with Gasteiger partial charge in [-0.05, 0) is 12.5 Å². The number of aliphatic hydroxyl groups excluding tert-OH is 1. The maximum atomic E-state index is 10.0. The molecular formula is C14H22Cl2OS. The van der Waals surface area contributed by atoms with Crippen molar-refractivity contribution in [2.75, 3.05) is 0 Å². The van der Waals surface area contributed by atoms with Gasteiger partial charge in [0.1, 0.15) is 4.34 Å². The molecule has 0 spiro atoms. The molecule has 0 saturated heterocycles. The van der Waals surface area contributed by atoms with Crippen molar-refractivity contribution < 1.29 is 5.11 Å².